The SMILES string of the molecule is CCC(C)CC(NN)c1ccc(Br)cc1C(F)(F)F. The molecule has 0 bridgehead atoms. The van der Waals surface area contributed by atoms with Gasteiger partial charge in [-0.25, -0.2) is 0 Å². The highest BCUT2D eigenvalue weighted by atomic mass is 79.9. The molecule has 108 valence electrons. The van der Waals surface area contributed by atoms with Crippen LogP contribution in [0.5, 0.6) is 0 Å². The third-order valence-electron chi connectivity index (χ3n) is 3.23. The molecule has 2 unspecified atom stereocenters. The summed E-state index contributed by atoms with van der Waals surface area (Å²) in [6, 6.07) is 3.67. The Bertz CT molecular complexity index is 421. The van der Waals surface area contributed by atoms with E-state index in [9.17, 15) is 13.2 Å². The molecule has 0 saturated heterocycles. The van der Waals surface area contributed by atoms with Crippen LogP contribution in [0.3, 0.4) is 0 Å². The first-order valence-electron chi connectivity index (χ1n) is 6.12. The van der Waals surface area contributed by atoms with Gasteiger partial charge in [-0.05, 0) is 30.0 Å². The lowest BCUT2D eigenvalue weighted by Crippen LogP contribution is -2.31. The van der Waals surface area contributed by atoms with Crippen molar-refractivity contribution in [2.75, 3.05) is 0 Å². The van der Waals surface area contributed by atoms with Gasteiger partial charge in [0.15, 0.2) is 0 Å². The molecule has 3 N–H and O–H groups in total. The molecule has 2 atom stereocenters. The lowest BCUT2D eigenvalue weighted by molar-refractivity contribution is -0.138. The van der Waals surface area contributed by atoms with E-state index in [1.54, 1.807) is 6.07 Å². The van der Waals surface area contributed by atoms with E-state index >= 15 is 0 Å². The quantitative estimate of drug-likeness (QED) is 0.616. The summed E-state index contributed by atoms with van der Waals surface area (Å²) in [6.45, 7) is 4.00. The van der Waals surface area contributed by atoms with Gasteiger partial charge in [0.2, 0.25) is 0 Å². The third-order valence-corrected chi connectivity index (χ3v) is 3.73. The molecule has 0 aliphatic carbocycles. The second-order valence-corrected chi connectivity index (χ2v) is 5.61. The molecule has 1 aromatic carbocycles. The van der Waals surface area contributed by atoms with E-state index in [0.29, 0.717) is 16.8 Å². The number of benzene rings is 1. The summed E-state index contributed by atoms with van der Waals surface area (Å²) in [5.74, 6) is 5.73. The molecule has 19 heavy (non-hydrogen) atoms. The van der Waals surface area contributed by atoms with E-state index in [1.807, 2.05) is 13.8 Å². The summed E-state index contributed by atoms with van der Waals surface area (Å²) in [5, 5.41) is 0. The van der Waals surface area contributed by atoms with Gasteiger partial charge in [0, 0.05) is 10.5 Å². The zero-order valence-corrected chi connectivity index (χ0v) is 12.5. The van der Waals surface area contributed by atoms with Crippen LogP contribution in [0.15, 0.2) is 22.7 Å². The molecule has 0 aromatic heterocycles. The Morgan fingerprint density at radius 3 is 2.47 bits per heavy atom. The van der Waals surface area contributed by atoms with Crippen molar-refractivity contribution >= 4 is 15.9 Å². The van der Waals surface area contributed by atoms with Crippen LogP contribution < -0.4 is 11.3 Å². The molecular formula is C13H18BrF3N2. The fraction of sp³-hybridized carbons (Fsp3) is 0.538. The predicted octanol–water partition coefficient (Wildman–Crippen LogP) is 4.41. The Morgan fingerprint density at radius 2 is 2.00 bits per heavy atom. The number of halogens is 4. The normalized spacial score (nSPS) is 15.3. The van der Waals surface area contributed by atoms with E-state index in [1.165, 1.54) is 6.07 Å². The molecule has 0 radical (unpaired) electrons. The molecular weight excluding hydrogens is 321 g/mol. The van der Waals surface area contributed by atoms with Crippen molar-refractivity contribution in [2.45, 2.75) is 38.9 Å². The first-order chi connectivity index (χ1) is 8.79. The molecule has 0 amide bonds. The molecule has 0 spiro atoms. The maximum Gasteiger partial charge on any atom is 0.416 e. The topological polar surface area (TPSA) is 38.0 Å². The number of alkyl halides is 3. The van der Waals surface area contributed by atoms with Crippen LogP contribution in [0.1, 0.15) is 43.9 Å². The molecule has 6 heteroatoms. The van der Waals surface area contributed by atoms with E-state index in [4.69, 9.17) is 5.84 Å². The minimum absolute atomic E-state index is 0.193. The van der Waals surface area contributed by atoms with E-state index in [-0.39, 0.29) is 5.56 Å². The average Bonchev–Trinajstić information content (AvgIpc) is 2.34. The summed E-state index contributed by atoms with van der Waals surface area (Å²) >= 11 is 3.07. The summed E-state index contributed by atoms with van der Waals surface area (Å²) in [6.07, 6.45) is -2.92. The number of hydrogen-bond donors (Lipinski definition) is 2. The molecule has 0 aliphatic rings. The zero-order valence-electron chi connectivity index (χ0n) is 10.9. The van der Waals surface area contributed by atoms with Crippen molar-refractivity contribution < 1.29 is 13.2 Å². The van der Waals surface area contributed by atoms with Crippen molar-refractivity contribution in [3.8, 4) is 0 Å². The summed E-state index contributed by atoms with van der Waals surface area (Å²) < 4.78 is 39.6. The summed E-state index contributed by atoms with van der Waals surface area (Å²) in [7, 11) is 0. The molecule has 0 fully saturated rings. The minimum Gasteiger partial charge on any atom is -0.271 e. The minimum atomic E-state index is -4.39. The first kappa shape index (κ1) is 16.5. The van der Waals surface area contributed by atoms with Gasteiger partial charge >= 0.3 is 6.18 Å². The fourth-order valence-electron chi connectivity index (χ4n) is 1.93. The maximum atomic E-state index is 13.1. The van der Waals surface area contributed by atoms with Gasteiger partial charge in [-0.3, -0.25) is 11.3 Å². The Hall–Kier alpha value is -0.590. The van der Waals surface area contributed by atoms with Crippen LogP contribution in [0.2, 0.25) is 0 Å². The smallest absolute Gasteiger partial charge is 0.271 e. The van der Waals surface area contributed by atoms with Crippen molar-refractivity contribution in [3.05, 3.63) is 33.8 Å². The Morgan fingerprint density at radius 1 is 1.37 bits per heavy atom. The highest BCUT2D eigenvalue weighted by Crippen LogP contribution is 2.37. The van der Waals surface area contributed by atoms with Crippen LogP contribution in [0.4, 0.5) is 13.2 Å². The van der Waals surface area contributed by atoms with Crippen LogP contribution >= 0.6 is 15.9 Å². The van der Waals surface area contributed by atoms with Gasteiger partial charge < -0.3 is 0 Å². The van der Waals surface area contributed by atoms with Crippen molar-refractivity contribution in [2.24, 2.45) is 11.8 Å². The summed E-state index contributed by atoms with van der Waals surface area (Å²) in [5.41, 5.74) is 2.05. The average molecular weight is 339 g/mol. The standard InChI is InChI=1S/C13H18BrF3N2/c1-3-8(2)6-12(19-18)10-5-4-9(14)7-11(10)13(15,16)17/h4-5,7-8,12,19H,3,6,18H2,1-2H3. The number of hydrazine groups is 1. The van der Waals surface area contributed by atoms with Gasteiger partial charge in [0.25, 0.3) is 0 Å². The first-order valence-corrected chi connectivity index (χ1v) is 6.91. The van der Waals surface area contributed by atoms with Crippen molar-refractivity contribution in [3.63, 3.8) is 0 Å². The zero-order chi connectivity index (χ0) is 14.6. The van der Waals surface area contributed by atoms with E-state index in [2.05, 4.69) is 21.4 Å². The molecule has 0 aliphatic heterocycles. The highest BCUT2D eigenvalue weighted by molar-refractivity contribution is 9.10. The Labute approximate surface area is 119 Å². The van der Waals surface area contributed by atoms with Gasteiger partial charge in [-0.2, -0.15) is 13.2 Å². The van der Waals surface area contributed by atoms with Gasteiger partial charge in [-0.15, -0.1) is 0 Å². The number of nitrogens with two attached hydrogens (primary N) is 1. The van der Waals surface area contributed by atoms with Crippen LogP contribution in [-0.2, 0) is 6.18 Å². The molecule has 0 saturated carbocycles. The predicted molar refractivity (Wildman–Crippen MR) is 73.3 cm³/mol. The van der Waals surface area contributed by atoms with Crippen molar-refractivity contribution in [1.82, 2.24) is 5.43 Å². The Balaban J connectivity index is 3.16. The fourth-order valence-corrected chi connectivity index (χ4v) is 2.29. The maximum absolute atomic E-state index is 13.1. The molecule has 2 nitrogen and oxygen atoms in total. The number of hydrogen-bond acceptors (Lipinski definition) is 2. The van der Waals surface area contributed by atoms with Crippen LogP contribution in [-0.4, -0.2) is 0 Å². The van der Waals surface area contributed by atoms with Crippen LogP contribution in [0.25, 0.3) is 0 Å². The molecule has 1 rings (SSSR count). The number of rotatable bonds is 5. The van der Waals surface area contributed by atoms with E-state index in [0.717, 1.165) is 12.5 Å². The second kappa shape index (κ2) is 6.72. The largest absolute Gasteiger partial charge is 0.416 e. The second-order valence-electron chi connectivity index (χ2n) is 4.70. The summed E-state index contributed by atoms with van der Waals surface area (Å²) in [4.78, 5) is 0. The van der Waals surface area contributed by atoms with Gasteiger partial charge in [-0.1, -0.05) is 42.3 Å². The lowest BCUT2D eigenvalue weighted by Gasteiger charge is -2.23. The van der Waals surface area contributed by atoms with Crippen LogP contribution in [0, 0.1) is 5.92 Å². The monoisotopic (exact) mass is 338 g/mol. The van der Waals surface area contributed by atoms with E-state index < -0.39 is 17.8 Å². The highest BCUT2D eigenvalue weighted by Gasteiger charge is 2.35. The van der Waals surface area contributed by atoms with Gasteiger partial charge in [0.05, 0.1) is 5.56 Å². The lowest BCUT2D eigenvalue weighted by atomic mass is 9.91. The van der Waals surface area contributed by atoms with Crippen molar-refractivity contribution in [1.29, 1.82) is 0 Å². The van der Waals surface area contributed by atoms with Gasteiger partial charge in [0.1, 0.15) is 0 Å². The third kappa shape index (κ3) is 4.47. The Kier molecular flexibility index (Phi) is 5.82. The molecule has 1 aromatic rings. The molecule has 0 heterocycles. The number of nitrogens with one attached hydrogen (secondary N) is 1.